The SMILES string of the molecule is C=Cc1c2[nH]c(c1C)C=c1[nH]c(c(CCC(=O)OC)c1C)=Cc1[nH]c(c(C)c1CCC(=O)OC)C=C1NC(=C2)C(C)C1C=C. The number of methoxy groups -OCH3 is 2. The molecule has 3 aromatic rings. The molecule has 2 unspecified atom stereocenters. The molecule has 0 saturated carbocycles. The minimum absolute atomic E-state index is 0.0953. The minimum atomic E-state index is -0.258. The summed E-state index contributed by atoms with van der Waals surface area (Å²) in [6.07, 6.45) is 14.0. The maximum atomic E-state index is 12.2. The van der Waals surface area contributed by atoms with Gasteiger partial charge in [0.25, 0.3) is 0 Å². The van der Waals surface area contributed by atoms with Crippen molar-refractivity contribution in [1.29, 1.82) is 0 Å². The number of rotatable bonds is 8. The summed E-state index contributed by atoms with van der Waals surface area (Å²) >= 11 is 0. The highest BCUT2D eigenvalue weighted by molar-refractivity contribution is 5.74. The van der Waals surface area contributed by atoms with Gasteiger partial charge in [0.05, 0.1) is 14.2 Å². The Balaban J connectivity index is 1.82. The predicted molar refractivity (Wildman–Crippen MR) is 176 cm³/mol. The van der Waals surface area contributed by atoms with Gasteiger partial charge in [0, 0.05) is 75.1 Å². The molecular weight excluding hydrogens is 552 g/mol. The number of carbonyl (C=O) groups excluding carboxylic acids is 2. The van der Waals surface area contributed by atoms with Crippen molar-refractivity contribution in [3.05, 3.63) is 97.5 Å². The summed E-state index contributed by atoms with van der Waals surface area (Å²) in [7, 11) is 2.82. The first-order valence-corrected chi connectivity index (χ1v) is 15.0. The molecule has 0 aliphatic carbocycles. The summed E-state index contributed by atoms with van der Waals surface area (Å²) < 4.78 is 9.92. The van der Waals surface area contributed by atoms with E-state index in [1.165, 1.54) is 14.2 Å². The normalized spacial score (nSPS) is 17.0. The number of aromatic nitrogens is 3. The lowest BCUT2D eigenvalue weighted by Gasteiger charge is -2.10. The Morgan fingerprint density at radius 2 is 1.34 bits per heavy atom. The number of H-pyrrole nitrogens is 3. The van der Waals surface area contributed by atoms with Gasteiger partial charge in [0.1, 0.15) is 0 Å². The molecule has 3 aromatic heterocycles. The second-order valence-electron chi connectivity index (χ2n) is 11.6. The van der Waals surface area contributed by atoms with Crippen LogP contribution in [0, 0.1) is 32.6 Å². The van der Waals surface area contributed by atoms with Gasteiger partial charge in [-0.05, 0) is 85.7 Å². The number of carbonyl (C=O) groups is 2. The number of nitrogens with one attached hydrogen (secondary N) is 4. The average molecular weight is 595 g/mol. The quantitative estimate of drug-likeness (QED) is 0.220. The number of allylic oxidation sites excluding steroid dienone is 2. The fourth-order valence-electron chi connectivity index (χ4n) is 6.43. The van der Waals surface area contributed by atoms with E-state index < -0.39 is 0 Å². The fraction of sp³-hybridized carbons (Fsp3) is 0.333. The zero-order valence-corrected chi connectivity index (χ0v) is 26.5. The zero-order chi connectivity index (χ0) is 31.7. The fourth-order valence-corrected chi connectivity index (χ4v) is 6.43. The summed E-state index contributed by atoms with van der Waals surface area (Å²) in [5.41, 5.74) is 12.3. The first-order chi connectivity index (χ1) is 21.1. The Bertz CT molecular complexity index is 1840. The smallest absolute Gasteiger partial charge is 0.305 e. The molecule has 4 N–H and O–H groups in total. The molecule has 230 valence electrons. The van der Waals surface area contributed by atoms with Crippen molar-refractivity contribution in [1.82, 2.24) is 20.3 Å². The largest absolute Gasteiger partial charge is 0.469 e. The molecule has 5 rings (SSSR count). The molecule has 8 bridgehead atoms. The van der Waals surface area contributed by atoms with Crippen molar-refractivity contribution in [2.75, 3.05) is 14.2 Å². The third-order valence-corrected chi connectivity index (χ3v) is 9.20. The Labute approximate surface area is 258 Å². The van der Waals surface area contributed by atoms with Crippen molar-refractivity contribution in [3.8, 4) is 0 Å². The van der Waals surface area contributed by atoms with Gasteiger partial charge in [0.2, 0.25) is 0 Å². The van der Waals surface area contributed by atoms with Gasteiger partial charge < -0.3 is 29.7 Å². The van der Waals surface area contributed by atoms with E-state index in [1.807, 2.05) is 12.2 Å². The van der Waals surface area contributed by atoms with E-state index in [4.69, 9.17) is 9.47 Å². The molecule has 0 spiro atoms. The molecule has 5 heterocycles. The summed E-state index contributed by atoms with van der Waals surface area (Å²) in [4.78, 5) is 35.3. The molecule has 0 amide bonds. The van der Waals surface area contributed by atoms with E-state index >= 15 is 0 Å². The third-order valence-electron chi connectivity index (χ3n) is 9.20. The maximum Gasteiger partial charge on any atom is 0.305 e. The van der Waals surface area contributed by atoms with Crippen LogP contribution in [0.2, 0.25) is 0 Å². The van der Waals surface area contributed by atoms with Crippen LogP contribution < -0.4 is 16.0 Å². The third kappa shape index (κ3) is 5.64. The second-order valence-corrected chi connectivity index (χ2v) is 11.6. The molecule has 8 heteroatoms. The van der Waals surface area contributed by atoms with Crippen LogP contribution in [0.5, 0.6) is 0 Å². The van der Waals surface area contributed by atoms with Crippen molar-refractivity contribution in [2.45, 2.75) is 53.4 Å². The number of esters is 2. The van der Waals surface area contributed by atoms with Gasteiger partial charge >= 0.3 is 11.9 Å². The van der Waals surface area contributed by atoms with Gasteiger partial charge in [-0.1, -0.05) is 25.7 Å². The molecule has 2 aliphatic rings. The highest BCUT2D eigenvalue weighted by atomic mass is 16.5. The Morgan fingerprint density at radius 3 is 1.98 bits per heavy atom. The highest BCUT2D eigenvalue weighted by Crippen LogP contribution is 2.37. The van der Waals surface area contributed by atoms with Crippen LogP contribution in [0.3, 0.4) is 0 Å². The number of hydrogen-bond acceptors (Lipinski definition) is 5. The molecule has 0 radical (unpaired) electrons. The maximum absolute atomic E-state index is 12.2. The van der Waals surface area contributed by atoms with Crippen LogP contribution in [0.25, 0.3) is 30.4 Å². The van der Waals surface area contributed by atoms with Crippen LogP contribution in [-0.4, -0.2) is 41.1 Å². The molecule has 2 atom stereocenters. The van der Waals surface area contributed by atoms with E-state index in [-0.39, 0.29) is 36.6 Å². The van der Waals surface area contributed by atoms with Crippen LogP contribution in [-0.2, 0) is 31.9 Å². The molecule has 44 heavy (non-hydrogen) atoms. The van der Waals surface area contributed by atoms with Gasteiger partial charge in [-0.3, -0.25) is 9.59 Å². The Kier molecular flexibility index (Phi) is 8.72. The predicted octanol–water partition coefficient (Wildman–Crippen LogP) is 4.84. The van der Waals surface area contributed by atoms with E-state index in [2.05, 4.69) is 85.4 Å². The van der Waals surface area contributed by atoms with E-state index in [0.717, 1.165) is 78.2 Å². The summed E-state index contributed by atoms with van der Waals surface area (Å²) in [6, 6.07) is 0. The topological polar surface area (TPSA) is 112 Å². The van der Waals surface area contributed by atoms with Crippen molar-refractivity contribution >= 4 is 42.3 Å². The van der Waals surface area contributed by atoms with Crippen molar-refractivity contribution < 1.29 is 19.1 Å². The summed E-state index contributed by atoms with van der Waals surface area (Å²) in [5, 5.41) is 5.53. The summed E-state index contributed by atoms with van der Waals surface area (Å²) in [5.74, 6) is -0.231. The van der Waals surface area contributed by atoms with Crippen molar-refractivity contribution in [3.63, 3.8) is 0 Å². The lowest BCUT2D eigenvalue weighted by molar-refractivity contribution is -0.141. The number of aromatic amines is 3. The second kappa shape index (κ2) is 12.5. The first-order valence-electron chi connectivity index (χ1n) is 15.0. The lowest BCUT2D eigenvalue weighted by Crippen LogP contribution is -2.14. The van der Waals surface area contributed by atoms with Gasteiger partial charge in [-0.25, -0.2) is 0 Å². The standard InChI is InChI=1S/C36H42N4O4/c1-9-23-19(3)27-15-28-21(5)25(11-13-35(41)43-7)33(39-28)18-34-26(12-14-36(42)44-8)22(6)30(40-34)17-32-24(10-2)20(4)29(38-32)16-31(23)37-27/h9-10,15-18,20,24,37-40H,1-2,11-14H2,3-8H3. The van der Waals surface area contributed by atoms with E-state index in [0.29, 0.717) is 12.8 Å². The molecular formula is C36H42N4O4. The number of ether oxygens (including phenoxy) is 2. The molecule has 1 fully saturated rings. The van der Waals surface area contributed by atoms with E-state index in [1.54, 1.807) is 0 Å². The van der Waals surface area contributed by atoms with Crippen LogP contribution in [0.1, 0.15) is 75.9 Å². The monoisotopic (exact) mass is 594 g/mol. The zero-order valence-electron chi connectivity index (χ0n) is 26.5. The Morgan fingerprint density at radius 1 is 0.750 bits per heavy atom. The lowest BCUT2D eigenvalue weighted by atomic mass is 9.92. The van der Waals surface area contributed by atoms with Gasteiger partial charge in [-0.2, -0.15) is 0 Å². The minimum Gasteiger partial charge on any atom is -0.469 e. The first kappa shape index (κ1) is 30.7. The number of fused-ring (bicyclic) bond motifs is 8. The average Bonchev–Trinajstić information content (AvgIpc) is 3.67. The van der Waals surface area contributed by atoms with E-state index in [9.17, 15) is 9.59 Å². The number of hydrogen-bond donors (Lipinski definition) is 4. The van der Waals surface area contributed by atoms with Gasteiger partial charge in [-0.15, -0.1) is 6.58 Å². The highest BCUT2D eigenvalue weighted by Gasteiger charge is 2.31. The van der Waals surface area contributed by atoms with Crippen LogP contribution in [0.15, 0.2) is 30.6 Å². The molecule has 0 aromatic carbocycles. The van der Waals surface area contributed by atoms with Crippen LogP contribution in [0.4, 0.5) is 0 Å². The molecule has 2 aliphatic heterocycles. The molecule has 8 nitrogen and oxygen atoms in total. The van der Waals surface area contributed by atoms with Crippen molar-refractivity contribution in [2.24, 2.45) is 11.8 Å². The van der Waals surface area contributed by atoms with Crippen LogP contribution >= 0.6 is 0 Å². The summed E-state index contributed by atoms with van der Waals surface area (Å²) in [6.45, 7) is 16.7. The van der Waals surface area contributed by atoms with Gasteiger partial charge in [0.15, 0.2) is 0 Å². The molecule has 1 saturated heterocycles. The Hall–Kier alpha value is -4.72.